The van der Waals surface area contributed by atoms with Crippen LogP contribution < -0.4 is 0 Å². The predicted molar refractivity (Wildman–Crippen MR) is 126 cm³/mol. The summed E-state index contributed by atoms with van der Waals surface area (Å²) in [5.41, 5.74) is 3.61. The van der Waals surface area contributed by atoms with Gasteiger partial charge in [0, 0.05) is 28.4 Å². The smallest absolute Gasteiger partial charge is 0.0682 e. The van der Waals surface area contributed by atoms with Gasteiger partial charge in [0.1, 0.15) is 0 Å². The van der Waals surface area contributed by atoms with Crippen molar-refractivity contribution in [3.8, 4) is 0 Å². The molecule has 2 aromatic carbocycles. The highest BCUT2D eigenvalue weighted by atomic mass is 16.3. The van der Waals surface area contributed by atoms with Crippen LogP contribution in [0.3, 0.4) is 0 Å². The van der Waals surface area contributed by atoms with E-state index < -0.39 is 0 Å². The van der Waals surface area contributed by atoms with Crippen molar-refractivity contribution in [3.05, 3.63) is 48.0 Å². The molecule has 1 aromatic heterocycles. The first-order valence-corrected chi connectivity index (χ1v) is 12.0. The predicted octanol–water partition coefficient (Wildman–Crippen LogP) is 7.99. The second-order valence-electron chi connectivity index (χ2n) is 8.57. The van der Waals surface area contributed by atoms with E-state index in [1.807, 2.05) is 0 Å². The van der Waals surface area contributed by atoms with Crippen LogP contribution in [0.4, 0.5) is 0 Å². The van der Waals surface area contributed by atoms with Crippen molar-refractivity contribution in [1.29, 1.82) is 0 Å². The summed E-state index contributed by atoms with van der Waals surface area (Å²) in [6.45, 7) is 3.47. The molecule has 1 heterocycles. The summed E-state index contributed by atoms with van der Waals surface area (Å²) in [6, 6.07) is 15.1. The number of aromatic nitrogens is 1. The molecule has 0 amide bonds. The molecule has 0 aliphatic heterocycles. The lowest BCUT2D eigenvalue weighted by Gasteiger charge is -2.08. The molecule has 3 aromatic rings. The zero-order valence-corrected chi connectivity index (χ0v) is 18.3. The van der Waals surface area contributed by atoms with Crippen molar-refractivity contribution in [1.82, 2.24) is 4.57 Å². The first-order valence-electron chi connectivity index (χ1n) is 12.0. The molecule has 0 radical (unpaired) electrons. The van der Waals surface area contributed by atoms with Gasteiger partial charge in [-0.15, -0.1) is 0 Å². The van der Waals surface area contributed by atoms with Crippen LogP contribution in [0.1, 0.15) is 89.5 Å². The van der Waals surface area contributed by atoms with E-state index >= 15 is 0 Å². The highest BCUT2D eigenvalue weighted by molar-refractivity contribution is 6.08. The molecule has 0 saturated carbocycles. The largest absolute Gasteiger partial charge is 0.392 e. The maximum absolute atomic E-state index is 9.50. The van der Waals surface area contributed by atoms with Gasteiger partial charge >= 0.3 is 0 Å². The molecule has 0 aliphatic rings. The number of hydrogen-bond acceptors (Lipinski definition) is 1. The molecule has 0 saturated heterocycles. The maximum Gasteiger partial charge on any atom is 0.0682 e. The topological polar surface area (TPSA) is 25.2 Å². The Bertz CT molecular complexity index is 863. The average molecular weight is 394 g/mol. The van der Waals surface area contributed by atoms with Crippen molar-refractivity contribution < 1.29 is 5.11 Å². The molecule has 2 heteroatoms. The minimum atomic E-state index is 0.105. The highest BCUT2D eigenvalue weighted by Crippen LogP contribution is 2.30. The fraction of sp³-hybridized carbons (Fsp3) is 0.556. The number of benzene rings is 2. The molecule has 29 heavy (non-hydrogen) atoms. The third kappa shape index (κ3) is 6.09. The summed E-state index contributed by atoms with van der Waals surface area (Å²) in [7, 11) is 0. The number of aryl methyl sites for hydroxylation is 1. The van der Waals surface area contributed by atoms with E-state index in [-0.39, 0.29) is 6.61 Å². The number of aliphatic hydroxyl groups is 1. The summed E-state index contributed by atoms with van der Waals surface area (Å²) >= 11 is 0. The molecule has 3 rings (SSSR count). The van der Waals surface area contributed by atoms with Crippen LogP contribution in [0.15, 0.2) is 42.5 Å². The third-order valence-corrected chi connectivity index (χ3v) is 6.25. The van der Waals surface area contributed by atoms with Crippen LogP contribution in [-0.4, -0.2) is 9.67 Å². The lowest BCUT2D eigenvalue weighted by atomic mass is 10.1. The Kier molecular flexibility index (Phi) is 9.08. The second-order valence-corrected chi connectivity index (χ2v) is 8.57. The first kappa shape index (κ1) is 21.9. The van der Waals surface area contributed by atoms with Crippen molar-refractivity contribution in [3.63, 3.8) is 0 Å². The number of nitrogens with zero attached hydrogens (tertiary/aromatic N) is 1. The third-order valence-electron chi connectivity index (χ3n) is 6.25. The van der Waals surface area contributed by atoms with Crippen LogP contribution in [0.5, 0.6) is 0 Å². The van der Waals surface area contributed by atoms with Gasteiger partial charge < -0.3 is 9.67 Å². The van der Waals surface area contributed by atoms with Gasteiger partial charge in [-0.05, 0) is 30.2 Å². The summed E-state index contributed by atoms with van der Waals surface area (Å²) in [5.74, 6) is 0. The normalized spacial score (nSPS) is 11.7. The van der Waals surface area contributed by atoms with Crippen LogP contribution in [-0.2, 0) is 13.2 Å². The highest BCUT2D eigenvalue weighted by Gasteiger charge is 2.10. The standard InChI is InChI=1S/C27H39NO/c1-2-3-4-5-6-7-8-9-10-11-12-15-20-28-26-17-14-13-16-24(26)25-21-23(22-29)18-19-27(25)28/h13-14,16-19,21,29H,2-12,15,20,22H2,1H3. The van der Waals surface area contributed by atoms with E-state index in [0.29, 0.717) is 0 Å². The molecular formula is C27H39NO. The summed E-state index contributed by atoms with van der Waals surface area (Å²) in [5, 5.41) is 12.1. The van der Waals surface area contributed by atoms with Crippen molar-refractivity contribution >= 4 is 21.8 Å². The van der Waals surface area contributed by atoms with Gasteiger partial charge in [-0.3, -0.25) is 0 Å². The van der Waals surface area contributed by atoms with E-state index in [1.54, 1.807) is 0 Å². The Hall–Kier alpha value is -1.80. The Morgan fingerprint density at radius 1 is 0.655 bits per heavy atom. The van der Waals surface area contributed by atoms with Gasteiger partial charge in [0.15, 0.2) is 0 Å². The molecule has 158 valence electrons. The number of rotatable bonds is 14. The van der Waals surface area contributed by atoms with Gasteiger partial charge in [0.25, 0.3) is 0 Å². The second kappa shape index (κ2) is 12.0. The van der Waals surface area contributed by atoms with E-state index in [1.165, 1.54) is 98.9 Å². The summed E-state index contributed by atoms with van der Waals surface area (Å²) in [4.78, 5) is 0. The summed E-state index contributed by atoms with van der Waals surface area (Å²) in [6.07, 6.45) is 16.6. The zero-order chi connectivity index (χ0) is 20.3. The van der Waals surface area contributed by atoms with E-state index in [9.17, 15) is 5.11 Å². The lowest BCUT2D eigenvalue weighted by Crippen LogP contribution is -1.98. The van der Waals surface area contributed by atoms with E-state index in [0.717, 1.165) is 12.1 Å². The minimum absolute atomic E-state index is 0.105. The number of para-hydroxylation sites is 1. The fourth-order valence-electron chi connectivity index (χ4n) is 4.55. The fourth-order valence-corrected chi connectivity index (χ4v) is 4.55. The zero-order valence-electron chi connectivity index (χ0n) is 18.3. The monoisotopic (exact) mass is 393 g/mol. The van der Waals surface area contributed by atoms with Crippen molar-refractivity contribution in [2.24, 2.45) is 0 Å². The molecule has 2 nitrogen and oxygen atoms in total. The summed E-state index contributed by atoms with van der Waals surface area (Å²) < 4.78 is 2.47. The molecule has 1 N–H and O–H groups in total. The molecule has 0 atom stereocenters. The van der Waals surface area contributed by atoms with Crippen LogP contribution in [0.25, 0.3) is 21.8 Å². The number of hydrogen-bond donors (Lipinski definition) is 1. The average Bonchev–Trinajstić information content (AvgIpc) is 3.07. The molecule has 0 fully saturated rings. The number of fused-ring (bicyclic) bond motifs is 3. The first-order chi connectivity index (χ1) is 14.3. The SMILES string of the molecule is CCCCCCCCCCCCCCn1c2ccccc2c2cc(CO)ccc21. The maximum atomic E-state index is 9.50. The van der Waals surface area contributed by atoms with Crippen molar-refractivity contribution in [2.45, 2.75) is 97.1 Å². The van der Waals surface area contributed by atoms with Gasteiger partial charge in [0.05, 0.1) is 6.61 Å². The number of unbranched alkanes of at least 4 members (excludes halogenated alkanes) is 11. The van der Waals surface area contributed by atoms with Crippen LogP contribution >= 0.6 is 0 Å². The van der Waals surface area contributed by atoms with E-state index in [4.69, 9.17) is 0 Å². The molecule has 0 bridgehead atoms. The van der Waals surface area contributed by atoms with Gasteiger partial charge in [-0.1, -0.05) is 102 Å². The molecule has 0 spiro atoms. The van der Waals surface area contributed by atoms with Crippen molar-refractivity contribution in [2.75, 3.05) is 0 Å². The molecule has 0 aliphatic carbocycles. The quantitative estimate of drug-likeness (QED) is 0.276. The minimum Gasteiger partial charge on any atom is -0.392 e. The van der Waals surface area contributed by atoms with Gasteiger partial charge in [0.2, 0.25) is 0 Å². The van der Waals surface area contributed by atoms with Gasteiger partial charge in [-0.2, -0.15) is 0 Å². The van der Waals surface area contributed by atoms with E-state index in [2.05, 4.69) is 54.0 Å². The Balaban J connectivity index is 1.43. The Morgan fingerprint density at radius 3 is 1.90 bits per heavy atom. The Morgan fingerprint density at radius 2 is 1.24 bits per heavy atom. The van der Waals surface area contributed by atoms with Crippen LogP contribution in [0.2, 0.25) is 0 Å². The molecule has 0 unspecified atom stereocenters. The Labute approximate surface area is 176 Å². The van der Waals surface area contributed by atoms with Gasteiger partial charge in [-0.25, -0.2) is 0 Å². The van der Waals surface area contributed by atoms with Crippen LogP contribution in [0, 0.1) is 0 Å². The number of aliphatic hydroxyl groups excluding tert-OH is 1. The molecular weight excluding hydrogens is 354 g/mol. The lowest BCUT2D eigenvalue weighted by molar-refractivity contribution is 0.282.